The van der Waals surface area contributed by atoms with Crippen molar-refractivity contribution in [2.45, 2.75) is 187 Å². The topological polar surface area (TPSA) is 6.48 Å². The van der Waals surface area contributed by atoms with Gasteiger partial charge in [0.25, 0.3) is 0 Å². The van der Waals surface area contributed by atoms with Gasteiger partial charge in [-0.3, -0.25) is 0 Å². The molecule has 1 aliphatic rings. The van der Waals surface area contributed by atoms with E-state index in [9.17, 15) is 0 Å². The van der Waals surface area contributed by atoms with Crippen molar-refractivity contribution in [2.75, 3.05) is 13.1 Å². The second-order valence-electron chi connectivity index (χ2n) is 11.4. The van der Waals surface area contributed by atoms with Crippen molar-refractivity contribution in [1.82, 2.24) is 9.80 Å². The fourth-order valence-corrected chi connectivity index (χ4v) is 5.74. The first kappa shape index (κ1) is 32.4. The van der Waals surface area contributed by atoms with Crippen LogP contribution in [-0.4, -0.2) is 29.1 Å². The van der Waals surface area contributed by atoms with Crippen LogP contribution in [0.4, 0.5) is 0 Å². The molecule has 0 amide bonds. The molecule has 0 bridgehead atoms. The molecule has 0 radical (unpaired) electrons. The van der Waals surface area contributed by atoms with Crippen LogP contribution in [-0.2, 0) is 0 Å². The van der Waals surface area contributed by atoms with E-state index in [4.69, 9.17) is 0 Å². The molecule has 0 aliphatic carbocycles. The smallest absolute Gasteiger partial charge is 0.101 e. The van der Waals surface area contributed by atoms with E-state index in [0.29, 0.717) is 6.17 Å². The number of hydrogen-bond donors (Lipinski definition) is 0. The molecule has 1 aliphatic heterocycles. The van der Waals surface area contributed by atoms with Gasteiger partial charge in [-0.2, -0.15) is 0 Å². The molecule has 2 nitrogen and oxygen atoms in total. The van der Waals surface area contributed by atoms with Gasteiger partial charge in [-0.1, -0.05) is 155 Å². The molecule has 0 aromatic carbocycles. The Labute approximate surface area is 222 Å². The van der Waals surface area contributed by atoms with Crippen LogP contribution in [0.15, 0.2) is 12.4 Å². The van der Waals surface area contributed by atoms with Gasteiger partial charge in [-0.05, 0) is 26.2 Å². The van der Waals surface area contributed by atoms with Gasteiger partial charge < -0.3 is 9.80 Å². The molecule has 1 heterocycles. The van der Waals surface area contributed by atoms with E-state index in [0.717, 1.165) is 6.54 Å². The summed E-state index contributed by atoms with van der Waals surface area (Å²) in [4.78, 5) is 5.22. The van der Waals surface area contributed by atoms with Gasteiger partial charge in [-0.25, -0.2) is 0 Å². The van der Waals surface area contributed by atoms with Crippen molar-refractivity contribution in [3.8, 4) is 0 Å². The SMILES string of the molecule is CCCCCCCCCCCCCCCN1C=CN(CC)C1CCCCCCCCCCCCC. The van der Waals surface area contributed by atoms with E-state index in [1.54, 1.807) is 0 Å². The molecule has 0 fully saturated rings. The summed E-state index contributed by atoms with van der Waals surface area (Å²) in [6.45, 7) is 9.33. The highest BCUT2D eigenvalue weighted by Crippen LogP contribution is 2.23. The van der Waals surface area contributed by atoms with Crippen LogP contribution in [0, 0.1) is 0 Å². The Kier molecular flexibility index (Phi) is 23.1. The fourth-order valence-electron chi connectivity index (χ4n) is 5.74. The largest absolute Gasteiger partial charge is 0.356 e. The Morgan fingerprint density at radius 2 is 0.743 bits per heavy atom. The van der Waals surface area contributed by atoms with Crippen molar-refractivity contribution in [3.05, 3.63) is 12.4 Å². The van der Waals surface area contributed by atoms with Crippen LogP contribution < -0.4 is 0 Å². The Balaban J connectivity index is 1.97. The lowest BCUT2D eigenvalue weighted by molar-refractivity contribution is 0.142. The van der Waals surface area contributed by atoms with Crippen LogP contribution in [0.25, 0.3) is 0 Å². The quantitative estimate of drug-likeness (QED) is 0.106. The summed E-state index contributed by atoms with van der Waals surface area (Å²) in [5.74, 6) is 0. The third kappa shape index (κ3) is 18.3. The normalized spacial score (nSPS) is 15.6. The molecule has 0 saturated heterocycles. The maximum atomic E-state index is 2.65. The zero-order valence-electron chi connectivity index (χ0n) is 24.7. The Hall–Kier alpha value is -0.660. The molecule has 0 spiro atoms. The van der Waals surface area contributed by atoms with Gasteiger partial charge in [0.1, 0.15) is 6.17 Å². The monoisotopic (exact) mass is 491 g/mol. The molecule has 0 aromatic rings. The molecule has 0 saturated carbocycles. The summed E-state index contributed by atoms with van der Waals surface area (Å²) < 4.78 is 0. The third-order valence-corrected chi connectivity index (χ3v) is 8.17. The summed E-state index contributed by atoms with van der Waals surface area (Å²) in [5.41, 5.74) is 0. The van der Waals surface area contributed by atoms with Gasteiger partial charge in [0.15, 0.2) is 0 Å². The Morgan fingerprint density at radius 3 is 1.14 bits per heavy atom. The first-order chi connectivity index (χ1) is 17.3. The average molecular weight is 491 g/mol. The molecule has 0 N–H and O–H groups in total. The molecule has 1 unspecified atom stereocenters. The number of rotatable bonds is 27. The predicted molar refractivity (Wildman–Crippen MR) is 159 cm³/mol. The number of hydrogen-bond acceptors (Lipinski definition) is 2. The summed E-state index contributed by atoms with van der Waals surface area (Å²) in [7, 11) is 0. The average Bonchev–Trinajstić information content (AvgIpc) is 3.27. The second kappa shape index (κ2) is 25.0. The Bertz CT molecular complexity index is 446. The molecule has 2 heteroatoms. The van der Waals surface area contributed by atoms with E-state index in [2.05, 4.69) is 43.0 Å². The van der Waals surface area contributed by atoms with E-state index in [-0.39, 0.29) is 0 Å². The minimum Gasteiger partial charge on any atom is -0.356 e. The van der Waals surface area contributed by atoms with Gasteiger partial charge >= 0.3 is 0 Å². The van der Waals surface area contributed by atoms with E-state index in [1.165, 1.54) is 167 Å². The van der Waals surface area contributed by atoms with Crippen LogP contribution >= 0.6 is 0 Å². The lowest BCUT2D eigenvalue weighted by Crippen LogP contribution is -2.38. The molecule has 0 aromatic heterocycles. The maximum Gasteiger partial charge on any atom is 0.101 e. The summed E-state index contributed by atoms with van der Waals surface area (Å²) in [6, 6.07) is 0. The van der Waals surface area contributed by atoms with Crippen LogP contribution in [0.2, 0.25) is 0 Å². The molecule has 1 atom stereocenters. The molecule has 1 rings (SSSR count). The zero-order valence-corrected chi connectivity index (χ0v) is 24.7. The van der Waals surface area contributed by atoms with E-state index < -0.39 is 0 Å². The first-order valence-corrected chi connectivity index (χ1v) is 16.5. The summed E-state index contributed by atoms with van der Waals surface area (Å²) in [5, 5.41) is 0. The third-order valence-electron chi connectivity index (χ3n) is 8.17. The predicted octanol–water partition coefficient (Wildman–Crippen LogP) is 11.2. The van der Waals surface area contributed by atoms with E-state index in [1.807, 2.05) is 0 Å². The highest BCUT2D eigenvalue weighted by molar-refractivity contribution is 4.96. The molecule has 35 heavy (non-hydrogen) atoms. The maximum absolute atomic E-state index is 2.65. The number of unbranched alkanes of at least 4 members (excludes halogenated alkanes) is 22. The Morgan fingerprint density at radius 1 is 0.400 bits per heavy atom. The zero-order chi connectivity index (χ0) is 25.2. The van der Waals surface area contributed by atoms with Crippen LogP contribution in [0.3, 0.4) is 0 Å². The van der Waals surface area contributed by atoms with Gasteiger partial charge in [0.2, 0.25) is 0 Å². The molecular weight excluding hydrogens is 424 g/mol. The van der Waals surface area contributed by atoms with Gasteiger partial charge in [-0.15, -0.1) is 0 Å². The fraction of sp³-hybridized carbons (Fsp3) is 0.939. The van der Waals surface area contributed by atoms with Gasteiger partial charge in [0, 0.05) is 25.5 Å². The first-order valence-electron chi connectivity index (χ1n) is 16.5. The lowest BCUT2D eigenvalue weighted by Gasteiger charge is -2.32. The van der Waals surface area contributed by atoms with E-state index >= 15 is 0 Å². The standard InChI is InChI=1S/C33H66N2/c1-4-7-9-11-13-15-17-18-20-22-24-26-28-30-35-32-31-34(6-3)33(35)29-27-25-23-21-19-16-14-12-10-8-5-2/h31-33H,4-30H2,1-3H3. The summed E-state index contributed by atoms with van der Waals surface area (Å²) >= 11 is 0. The highest BCUT2D eigenvalue weighted by atomic mass is 15.4. The van der Waals surface area contributed by atoms with Gasteiger partial charge in [0.05, 0.1) is 0 Å². The van der Waals surface area contributed by atoms with Crippen LogP contribution in [0.1, 0.15) is 181 Å². The minimum absolute atomic E-state index is 0.635. The van der Waals surface area contributed by atoms with Crippen molar-refractivity contribution in [1.29, 1.82) is 0 Å². The van der Waals surface area contributed by atoms with Crippen molar-refractivity contribution in [3.63, 3.8) is 0 Å². The van der Waals surface area contributed by atoms with Crippen molar-refractivity contribution in [2.24, 2.45) is 0 Å². The molecule has 208 valence electrons. The highest BCUT2D eigenvalue weighted by Gasteiger charge is 2.23. The van der Waals surface area contributed by atoms with Crippen LogP contribution in [0.5, 0.6) is 0 Å². The van der Waals surface area contributed by atoms with Crippen molar-refractivity contribution >= 4 is 0 Å². The number of nitrogens with zero attached hydrogens (tertiary/aromatic N) is 2. The lowest BCUT2D eigenvalue weighted by atomic mass is 10.0. The molecular formula is C33H66N2. The second-order valence-corrected chi connectivity index (χ2v) is 11.4. The minimum atomic E-state index is 0.635. The van der Waals surface area contributed by atoms with Crippen molar-refractivity contribution < 1.29 is 0 Å². The summed E-state index contributed by atoms with van der Waals surface area (Å²) in [6.07, 6.45) is 41.3.